The highest BCUT2D eigenvalue weighted by molar-refractivity contribution is 7.92. The van der Waals surface area contributed by atoms with Crippen LogP contribution >= 0.6 is 0 Å². The van der Waals surface area contributed by atoms with Gasteiger partial charge in [0.25, 0.3) is 0 Å². The van der Waals surface area contributed by atoms with Crippen molar-refractivity contribution in [2.75, 3.05) is 26.1 Å². The maximum absolute atomic E-state index is 12.3. The Kier molecular flexibility index (Phi) is 8.24. The minimum absolute atomic E-state index is 0.132. The number of methoxy groups -OCH3 is 1. The van der Waals surface area contributed by atoms with Crippen LogP contribution in [0, 0.1) is 0 Å². The number of phenolic OH excluding ortho intramolecular Hbond substituents is 1. The topological polar surface area (TPSA) is 104 Å². The van der Waals surface area contributed by atoms with Gasteiger partial charge in [-0.2, -0.15) is 0 Å². The predicted octanol–water partition coefficient (Wildman–Crippen LogP) is 2.45. The van der Waals surface area contributed by atoms with Crippen LogP contribution in [0.15, 0.2) is 41.0 Å². The van der Waals surface area contributed by atoms with Crippen molar-refractivity contribution in [2.45, 2.75) is 44.0 Å². The highest BCUT2D eigenvalue weighted by Crippen LogP contribution is 2.32. The van der Waals surface area contributed by atoms with Gasteiger partial charge in [-0.1, -0.05) is 37.1 Å². The summed E-state index contributed by atoms with van der Waals surface area (Å²) in [6, 6.07) is 6.90. The maximum Gasteiger partial charge on any atom is 0.163 e. The van der Waals surface area contributed by atoms with Crippen molar-refractivity contribution < 1.29 is 28.5 Å². The van der Waals surface area contributed by atoms with E-state index in [1.807, 2.05) is 18.2 Å². The minimum atomic E-state index is -3.51. The third-order valence-corrected chi connectivity index (χ3v) is 7.00. The number of rotatable bonds is 10. The molecule has 0 aromatic heterocycles. The zero-order valence-corrected chi connectivity index (χ0v) is 17.3. The van der Waals surface area contributed by atoms with Crippen LogP contribution in [0.3, 0.4) is 0 Å². The number of hydrogen-bond acceptors (Lipinski definition) is 6. The Morgan fingerprint density at radius 3 is 2.54 bits per heavy atom. The second-order valence-corrected chi connectivity index (χ2v) is 9.35. The molecule has 28 heavy (non-hydrogen) atoms. The fourth-order valence-corrected chi connectivity index (χ4v) is 5.56. The van der Waals surface area contributed by atoms with Crippen molar-refractivity contribution in [3.05, 3.63) is 46.5 Å². The molecule has 0 radical (unpaired) electrons. The summed E-state index contributed by atoms with van der Waals surface area (Å²) in [5.41, 5.74) is 3.05. The molecule has 0 fully saturated rings. The van der Waals surface area contributed by atoms with Crippen LogP contribution in [-0.2, 0) is 14.6 Å². The molecule has 156 valence electrons. The highest BCUT2D eigenvalue weighted by Gasteiger charge is 2.40. The summed E-state index contributed by atoms with van der Waals surface area (Å²) in [6.45, 7) is 1.67. The van der Waals surface area contributed by atoms with Gasteiger partial charge in [0.1, 0.15) is 11.0 Å². The first-order valence-electron chi connectivity index (χ1n) is 9.52. The van der Waals surface area contributed by atoms with Gasteiger partial charge in [-0.05, 0) is 48.1 Å². The van der Waals surface area contributed by atoms with E-state index in [-0.39, 0.29) is 18.1 Å². The maximum atomic E-state index is 12.3. The monoisotopic (exact) mass is 410 g/mol. The molecule has 7 heteroatoms. The summed E-state index contributed by atoms with van der Waals surface area (Å²) in [5, 5.41) is 28.7. The van der Waals surface area contributed by atoms with Crippen LogP contribution < -0.4 is 0 Å². The molecule has 1 heterocycles. The van der Waals surface area contributed by atoms with Gasteiger partial charge >= 0.3 is 0 Å². The molecular formula is C21H30O6S. The molecule has 1 aliphatic heterocycles. The second kappa shape index (κ2) is 10.2. The zero-order chi connectivity index (χ0) is 20.7. The largest absolute Gasteiger partial charge is 0.508 e. The van der Waals surface area contributed by atoms with E-state index in [0.717, 1.165) is 24.0 Å². The van der Waals surface area contributed by atoms with Gasteiger partial charge in [0.15, 0.2) is 9.84 Å². The average molecular weight is 411 g/mol. The van der Waals surface area contributed by atoms with Gasteiger partial charge in [-0.15, -0.1) is 0 Å². The fourth-order valence-electron chi connectivity index (χ4n) is 3.68. The van der Waals surface area contributed by atoms with E-state index in [1.165, 1.54) is 7.11 Å². The van der Waals surface area contributed by atoms with Crippen LogP contribution in [0.5, 0.6) is 5.75 Å². The number of ether oxygens (including phenoxy) is 1. The highest BCUT2D eigenvalue weighted by atomic mass is 32.2. The van der Waals surface area contributed by atoms with Crippen molar-refractivity contribution in [3.8, 4) is 5.75 Å². The van der Waals surface area contributed by atoms with E-state index < -0.39 is 27.8 Å². The van der Waals surface area contributed by atoms with E-state index in [4.69, 9.17) is 4.74 Å². The van der Waals surface area contributed by atoms with E-state index in [0.29, 0.717) is 24.0 Å². The Morgan fingerprint density at radius 1 is 1.29 bits per heavy atom. The number of aromatic hydroxyl groups is 1. The van der Waals surface area contributed by atoms with E-state index in [1.54, 1.807) is 12.1 Å². The first-order chi connectivity index (χ1) is 13.3. The van der Waals surface area contributed by atoms with E-state index in [9.17, 15) is 23.7 Å². The lowest BCUT2D eigenvalue weighted by molar-refractivity contribution is 0.182. The lowest BCUT2D eigenvalue weighted by Crippen LogP contribution is -2.29. The lowest BCUT2D eigenvalue weighted by atomic mass is 9.93. The zero-order valence-electron chi connectivity index (χ0n) is 16.5. The third kappa shape index (κ3) is 5.67. The number of sulfone groups is 1. The Bertz CT molecular complexity index is 808. The molecule has 1 aromatic carbocycles. The van der Waals surface area contributed by atoms with E-state index >= 15 is 0 Å². The Hall–Kier alpha value is -1.67. The van der Waals surface area contributed by atoms with Gasteiger partial charge in [0.05, 0.1) is 25.1 Å². The summed E-state index contributed by atoms with van der Waals surface area (Å²) in [7, 11) is -2.02. The van der Waals surface area contributed by atoms with Crippen LogP contribution in [-0.4, -0.2) is 61.2 Å². The molecule has 0 bridgehead atoms. The molecule has 1 aliphatic rings. The third-order valence-electron chi connectivity index (χ3n) is 4.98. The molecule has 3 N–H and O–H groups in total. The molecule has 2 rings (SSSR count). The van der Waals surface area contributed by atoms with Crippen molar-refractivity contribution in [1.82, 2.24) is 0 Å². The van der Waals surface area contributed by atoms with Gasteiger partial charge in [0, 0.05) is 7.11 Å². The van der Waals surface area contributed by atoms with Crippen LogP contribution in [0.25, 0.3) is 6.08 Å². The Balaban J connectivity index is 2.17. The van der Waals surface area contributed by atoms with Crippen LogP contribution in [0.2, 0.25) is 0 Å². The summed E-state index contributed by atoms with van der Waals surface area (Å²) in [6.07, 6.45) is 3.88. The van der Waals surface area contributed by atoms with Crippen molar-refractivity contribution in [1.29, 1.82) is 0 Å². The smallest absolute Gasteiger partial charge is 0.163 e. The molecule has 0 spiro atoms. The summed E-state index contributed by atoms with van der Waals surface area (Å²) in [4.78, 5) is 0. The fraction of sp³-hybridized carbons (Fsp3) is 0.524. The molecule has 2 atom stereocenters. The standard InChI is InChI=1S/C21H30O6S/c1-3-4-15(11-16-5-8-18(23)9-6-16)7-10-19(24)21-17(13-27-2)14-28(25,26)20(21)12-22/h5-6,8-9,11,19-20,22-24H,3-4,7,10,12-14H2,1-2H3/b15-11+/t19-,20+/m1/s1. The number of allylic oxidation sites excluding steroid dienone is 1. The first-order valence-corrected chi connectivity index (χ1v) is 11.2. The van der Waals surface area contributed by atoms with Gasteiger partial charge in [0.2, 0.25) is 0 Å². The molecule has 0 amide bonds. The number of hydrogen-bond donors (Lipinski definition) is 3. The number of benzene rings is 1. The van der Waals surface area contributed by atoms with Crippen molar-refractivity contribution in [3.63, 3.8) is 0 Å². The number of phenols is 1. The Labute approximate surface area is 167 Å². The second-order valence-electron chi connectivity index (χ2n) is 7.17. The normalized spacial score (nSPS) is 20.6. The molecular weight excluding hydrogens is 380 g/mol. The van der Waals surface area contributed by atoms with Crippen molar-refractivity contribution in [2.24, 2.45) is 0 Å². The molecule has 0 saturated heterocycles. The van der Waals surface area contributed by atoms with Crippen LogP contribution in [0.4, 0.5) is 0 Å². The quantitative estimate of drug-likeness (QED) is 0.512. The first kappa shape index (κ1) is 22.6. The van der Waals surface area contributed by atoms with Crippen LogP contribution in [0.1, 0.15) is 38.2 Å². The SMILES string of the molecule is CCC/C(=C\c1ccc(O)cc1)CC[C@@H](O)C1=C(COC)CS(=O)(=O)[C@H]1CO. The van der Waals surface area contributed by atoms with Gasteiger partial charge in [-0.3, -0.25) is 0 Å². The number of aliphatic hydroxyl groups excluding tert-OH is 2. The van der Waals surface area contributed by atoms with Gasteiger partial charge in [-0.25, -0.2) is 8.42 Å². The minimum Gasteiger partial charge on any atom is -0.508 e. The lowest BCUT2D eigenvalue weighted by Gasteiger charge is -2.19. The Morgan fingerprint density at radius 2 is 1.96 bits per heavy atom. The van der Waals surface area contributed by atoms with E-state index in [2.05, 4.69) is 6.92 Å². The predicted molar refractivity (Wildman–Crippen MR) is 110 cm³/mol. The van der Waals surface area contributed by atoms with Crippen molar-refractivity contribution >= 4 is 15.9 Å². The molecule has 1 aromatic rings. The van der Waals surface area contributed by atoms with Gasteiger partial charge < -0.3 is 20.1 Å². The molecule has 0 unspecified atom stereocenters. The molecule has 0 saturated carbocycles. The average Bonchev–Trinajstić information content (AvgIpc) is 2.91. The summed E-state index contributed by atoms with van der Waals surface area (Å²) >= 11 is 0. The molecule has 0 aliphatic carbocycles. The summed E-state index contributed by atoms with van der Waals surface area (Å²) in [5.74, 6) is 0.0311. The molecule has 6 nitrogen and oxygen atoms in total. The summed E-state index contributed by atoms with van der Waals surface area (Å²) < 4.78 is 29.7. The number of aliphatic hydroxyl groups is 2.